The van der Waals surface area contributed by atoms with E-state index in [0.29, 0.717) is 5.52 Å². The van der Waals surface area contributed by atoms with Crippen molar-refractivity contribution in [2.45, 2.75) is 5.92 Å². The van der Waals surface area contributed by atoms with Crippen molar-refractivity contribution in [3.63, 3.8) is 0 Å². The number of nitrogens with one attached hydrogen (secondary N) is 1. The maximum atomic E-state index is 14.3. The molecule has 0 atom stereocenters. The minimum Gasteiger partial charge on any atom is -0.361 e. The molecule has 3 aromatic rings. The number of fused-ring (bicyclic) bond motifs is 1. The summed E-state index contributed by atoms with van der Waals surface area (Å²) >= 11 is 0. The van der Waals surface area contributed by atoms with Crippen molar-refractivity contribution in [1.29, 1.82) is 0 Å². The number of rotatable bonds is 2. The molecule has 0 bridgehead atoms. The lowest BCUT2D eigenvalue weighted by Crippen LogP contribution is -2.15. The van der Waals surface area contributed by atoms with Gasteiger partial charge in [0.25, 0.3) is 5.92 Å². The smallest absolute Gasteiger partial charge is 0.300 e. The second kappa shape index (κ2) is 3.91. The highest BCUT2D eigenvalue weighted by Crippen LogP contribution is 2.36. The van der Waals surface area contributed by atoms with Gasteiger partial charge in [0.1, 0.15) is 0 Å². The van der Waals surface area contributed by atoms with Crippen molar-refractivity contribution in [2.75, 3.05) is 0 Å². The Bertz CT molecular complexity index is 674. The maximum Gasteiger partial charge on any atom is 0.300 e. The van der Waals surface area contributed by atoms with Crippen LogP contribution in [0.2, 0.25) is 0 Å². The third-order valence-electron chi connectivity index (χ3n) is 2.94. The Kier molecular flexibility index (Phi) is 2.37. The molecule has 0 saturated carbocycles. The number of H-pyrrole nitrogens is 1. The Balaban J connectivity index is 2.12. The Morgan fingerprint density at radius 2 is 1.94 bits per heavy atom. The van der Waals surface area contributed by atoms with Gasteiger partial charge in [-0.3, -0.25) is 4.98 Å². The van der Waals surface area contributed by atoms with E-state index in [0.717, 1.165) is 5.39 Å². The van der Waals surface area contributed by atoms with Gasteiger partial charge in [0.15, 0.2) is 0 Å². The number of alkyl halides is 2. The predicted molar refractivity (Wildman–Crippen MR) is 65.5 cm³/mol. The number of halogens is 2. The van der Waals surface area contributed by atoms with Crippen LogP contribution in [0.1, 0.15) is 11.1 Å². The SMILES string of the molecule is FC(F)(c1cccnc1)c1ccc2cc[nH]c2c1. The molecule has 1 N–H and O–H groups in total. The molecule has 0 spiro atoms. The summed E-state index contributed by atoms with van der Waals surface area (Å²) in [4.78, 5) is 6.68. The molecule has 90 valence electrons. The van der Waals surface area contributed by atoms with Crippen LogP contribution in [0, 0.1) is 0 Å². The molecule has 0 amide bonds. The fraction of sp³-hybridized carbons (Fsp3) is 0.0714. The normalized spacial score (nSPS) is 11.9. The van der Waals surface area contributed by atoms with Crippen LogP contribution in [0.4, 0.5) is 8.78 Å². The van der Waals surface area contributed by atoms with Crippen LogP contribution in [-0.2, 0) is 5.92 Å². The van der Waals surface area contributed by atoms with Crippen molar-refractivity contribution >= 4 is 10.9 Å². The zero-order valence-electron chi connectivity index (χ0n) is 9.40. The molecule has 0 radical (unpaired) electrons. The first-order valence-electron chi connectivity index (χ1n) is 5.54. The summed E-state index contributed by atoms with van der Waals surface area (Å²) < 4.78 is 28.5. The number of nitrogens with zero attached hydrogens (tertiary/aromatic N) is 1. The largest absolute Gasteiger partial charge is 0.361 e. The lowest BCUT2D eigenvalue weighted by Gasteiger charge is -2.16. The van der Waals surface area contributed by atoms with Crippen LogP contribution in [0.15, 0.2) is 55.0 Å². The van der Waals surface area contributed by atoms with Gasteiger partial charge < -0.3 is 4.98 Å². The summed E-state index contributed by atoms with van der Waals surface area (Å²) in [7, 11) is 0. The molecule has 2 heterocycles. The second-order valence-corrected chi connectivity index (χ2v) is 4.10. The lowest BCUT2D eigenvalue weighted by atomic mass is 10.0. The number of pyridine rings is 1. The first-order chi connectivity index (χ1) is 8.68. The van der Waals surface area contributed by atoms with E-state index in [-0.39, 0.29) is 11.1 Å². The molecule has 0 aliphatic heterocycles. The van der Waals surface area contributed by atoms with E-state index in [1.165, 1.54) is 36.7 Å². The fourth-order valence-electron chi connectivity index (χ4n) is 1.96. The summed E-state index contributed by atoms with van der Waals surface area (Å²) in [5.41, 5.74) is 0.567. The van der Waals surface area contributed by atoms with E-state index in [4.69, 9.17) is 0 Å². The van der Waals surface area contributed by atoms with Crippen LogP contribution < -0.4 is 0 Å². The van der Waals surface area contributed by atoms with Crippen molar-refractivity contribution in [3.05, 3.63) is 66.1 Å². The van der Waals surface area contributed by atoms with Crippen LogP contribution in [0.5, 0.6) is 0 Å². The maximum absolute atomic E-state index is 14.3. The monoisotopic (exact) mass is 244 g/mol. The highest BCUT2D eigenvalue weighted by molar-refractivity contribution is 5.80. The highest BCUT2D eigenvalue weighted by Gasteiger charge is 2.34. The number of aromatic nitrogens is 2. The van der Waals surface area contributed by atoms with E-state index < -0.39 is 5.92 Å². The van der Waals surface area contributed by atoms with Gasteiger partial charge in [-0.25, -0.2) is 0 Å². The van der Waals surface area contributed by atoms with Crippen molar-refractivity contribution < 1.29 is 8.78 Å². The molecule has 0 fully saturated rings. The zero-order chi connectivity index (χ0) is 12.6. The summed E-state index contributed by atoms with van der Waals surface area (Å²) in [6, 6.07) is 9.35. The Hall–Kier alpha value is -2.23. The Morgan fingerprint density at radius 3 is 2.72 bits per heavy atom. The summed E-state index contributed by atoms with van der Waals surface area (Å²) in [6.45, 7) is 0. The van der Waals surface area contributed by atoms with Gasteiger partial charge in [-0.05, 0) is 29.7 Å². The average Bonchev–Trinajstić information content (AvgIpc) is 2.87. The van der Waals surface area contributed by atoms with Crippen LogP contribution >= 0.6 is 0 Å². The van der Waals surface area contributed by atoms with E-state index in [1.54, 1.807) is 12.3 Å². The fourth-order valence-corrected chi connectivity index (χ4v) is 1.96. The average molecular weight is 244 g/mol. The van der Waals surface area contributed by atoms with Gasteiger partial charge in [0, 0.05) is 35.2 Å². The van der Waals surface area contributed by atoms with Gasteiger partial charge in [-0.15, -0.1) is 0 Å². The molecule has 0 unspecified atom stereocenters. The second-order valence-electron chi connectivity index (χ2n) is 4.10. The van der Waals surface area contributed by atoms with Gasteiger partial charge in [0.05, 0.1) is 0 Å². The molecule has 4 heteroatoms. The van der Waals surface area contributed by atoms with E-state index in [1.807, 2.05) is 6.07 Å². The Labute approximate surface area is 102 Å². The molecule has 2 nitrogen and oxygen atoms in total. The van der Waals surface area contributed by atoms with Gasteiger partial charge in [0.2, 0.25) is 0 Å². The van der Waals surface area contributed by atoms with Gasteiger partial charge in [-0.1, -0.05) is 12.1 Å². The molecular weight excluding hydrogens is 234 g/mol. The minimum atomic E-state index is -3.03. The summed E-state index contributed by atoms with van der Waals surface area (Å²) in [6.07, 6.45) is 4.41. The molecule has 1 aromatic carbocycles. The predicted octanol–water partition coefficient (Wildman–Crippen LogP) is 3.70. The molecule has 0 aliphatic carbocycles. The number of aromatic amines is 1. The van der Waals surface area contributed by atoms with Crippen molar-refractivity contribution in [2.24, 2.45) is 0 Å². The van der Waals surface area contributed by atoms with Crippen LogP contribution in [-0.4, -0.2) is 9.97 Å². The zero-order valence-corrected chi connectivity index (χ0v) is 9.40. The third-order valence-corrected chi connectivity index (χ3v) is 2.94. The standard InChI is InChI=1S/C14H10F2N2/c15-14(16,12-2-1-6-17-9-12)11-4-3-10-5-7-18-13(10)8-11/h1-9,18H. The molecule has 2 aromatic heterocycles. The molecule has 3 rings (SSSR count). The minimum absolute atomic E-state index is 0.0366. The highest BCUT2D eigenvalue weighted by atomic mass is 19.3. The van der Waals surface area contributed by atoms with Crippen molar-refractivity contribution in [1.82, 2.24) is 9.97 Å². The van der Waals surface area contributed by atoms with Gasteiger partial charge in [-0.2, -0.15) is 8.78 Å². The van der Waals surface area contributed by atoms with E-state index >= 15 is 0 Å². The third kappa shape index (κ3) is 1.66. The molecule has 18 heavy (non-hydrogen) atoms. The quantitative estimate of drug-likeness (QED) is 0.731. The summed E-state index contributed by atoms with van der Waals surface area (Å²) in [5, 5.41) is 0.917. The number of hydrogen-bond donors (Lipinski definition) is 1. The van der Waals surface area contributed by atoms with Crippen molar-refractivity contribution in [3.8, 4) is 0 Å². The van der Waals surface area contributed by atoms with Crippen LogP contribution in [0.3, 0.4) is 0 Å². The van der Waals surface area contributed by atoms with Gasteiger partial charge >= 0.3 is 0 Å². The number of hydrogen-bond acceptors (Lipinski definition) is 1. The van der Waals surface area contributed by atoms with E-state index in [9.17, 15) is 8.78 Å². The first-order valence-corrected chi connectivity index (χ1v) is 5.54. The molecule has 0 saturated heterocycles. The van der Waals surface area contributed by atoms with E-state index in [2.05, 4.69) is 9.97 Å². The topological polar surface area (TPSA) is 28.7 Å². The van der Waals surface area contributed by atoms with Crippen LogP contribution in [0.25, 0.3) is 10.9 Å². The number of benzene rings is 1. The molecular formula is C14H10F2N2. The Morgan fingerprint density at radius 1 is 1.06 bits per heavy atom. The molecule has 0 aliphatic rings. The first kappa shape index (κ1) is 10.9. The lowest BCUT2D eigenvalue weighted by molar-refractivity contribution is 0.0426. The summed E-state index contributed by atoms with van der Waals surface area (Å²) in [5.74, 6) is -3.03.